The minimum Gasteiger partial charge on any atom is -0.314 e. The number of aromatic nitrogens is 5. The highest BCUT2D eigenvalue weighted by Gasteiger charge is 2.13. The fourth-order valence-corrected chi connectivity index (χ4v) is 2.54. The molecule has 6 heteroatoms. The fraction of sp³-hybridized carbons (Fsp3) is 0.667. The van der Waals surface area contributed by atoms with E-state index >= 15 is 0 Å². The topological polar surface area (TPSA) is 60.6 Å². The SMILES string of the molecule is CCn1ncnc1Cn1nc(C)c(CCNC(C)C)c1C. The van der Waals surface area contributed by atoms with Gasteiger partial charge in [-0.3, -0.25) is 4.68 Å². The highest BCUT2D eigenvalue weighted by molar-refractivity contribution is 5.25. The Bertz CT molecular complexity index is 581. The number of hydrogen-bond acceptors (Lipinski definition) is 4. The van der Waals surface area contributed by atoms with Crippen LogP contribution in [0.3, 0.4) is 0 Å². The van der Waals surface area contributed by atoms with Gasteiger partial charge in [0.25, 0.3) is 0 Å². The third-order valence-electron chi connectivity index (χ3n) is 3.75. The molecule has 21 heavy (non-hydrogen) atoms. The van der Waals surface area contributed by atoms with Gasteiger partial charge in [0.05, 0.1) is 5.69 Å². The zero-order valence-electron chi connectivity index (χ0n) is 13.7. The molecule has 0 amide bonds. The molecule has 0 spiro atoms. The molecule has 0 atom stereocenters. The minimum atomic E-state index is 0.517. The maximum Gasteiger partial charge on any atom is 0.148 e. The maximum atomic E-state index is 4.67. The van der Waals surface area contributed by atoms with Gasteiger partial charge in [-0.25, -0.2) is 9.67 Å². The largest absolute Gasteiger partial charge is 0.314 e. The van der Waals surface area contributed by atoms with Crippen molar-refractivity contribution >= 4 is 0 Å². The molecule has 2 aromatic rings. The van der Waals surface area contributed by atoms with Gasteiger partial charge in [-0.05, 0) is 39.3 Å². The Hall–Kier alpha value is -1.69. The molecule has 0 unspecified atom stereocenters. The van der Waals surface area contributed by atoms with Crippen LogP contribution in [0.4, 0.5) is 0 Å². The molecule has 1 N–H and O–H groups in total. The molecule has 0 bridgehead atoms. The molecule has 0 fully saturated rings. The molecule has 2 heterocycles. The summed E-state index contributed by atoms with van der Waals surface area (Å²) in [6.07, 6.45) is 2.62. The quantitative estimate of drug-likeness (QED) is 0.843. The molecule has 116 valence electrons. The van der Waals surface area contributed by atoms with Crippen LogP contribution < -0.4 is 5.32 Å². The molecule has 0 radical (unpaired) electrons. The van der Waals surface area contributed by atoms with Crippen LogP contribution in [-0.4, -0.2) is 37.1 Å². The Morgan fingerprint density at radius 1 is 1.24 bits per heavy atom. The summed E-state index contributed by atoms with van der Waals surface area (Å²) in [4.78, 5) is 4.33. The average molecular weight is 290 g/mol. The van der Waals surface area contributed by atoms with Gasteiger partial charge in [0.15, 0.2) is 0 Å². The first-order valence-corrected chi connectivity index (χ1v) is 7.65. The van der Waals surface area contributed by atoms with Crippen LogP contribution in [0.25, 0.3) is 0 Å². The molecular weight excluding hydrogens is 264 g/mol. The van der Waals surface area contributed by atoms with Crippen LogP contribution in [0.5, 0.6) is 0 Å². The second kappa shape index (κ2) is 6.85. The van der Waals surface area contributed by atoms with E-state index in [1.165, 1.54) is 11.3 Å². The molecule has 2 aromatic heterocycles. The van der Waals surface area contributed by atoms with Gasteiger partial charge in [-0.15, -0.1) is 0 Å². The van der Waals surface area contributed by atoms with Gasteiger partial charge >= 0.3 is 0 Å². The van der Waals surface area contributed by atoms with E-state index in [-0.39, 0.29) is 0 Å². The minimum absolute atomic E-state index is 0.517. The summed E-state index contributed by atoms with van der Waals surface area (Å²) in [6.45, 7) is 13.1. The van der Waals surface area contributed by atoms with Gasteiger partial charge in [-0.1, -0.05) is 13.8 Å². The Balaban J connectivity index is 2.11. The van der Waals surface area contributed by atoms with Gasteiger partial charge < -0.3 is 5.32 Å². The molecule has 0 saturated carbocycles. The van der Waals surface area contributed by atoms with Crippen molar-refractivity contribution in [2.45, 2.75) is 60.2 Å². The van der Waals surface area contributed by atoms with Crippen LogP contribution in [0.15, 0.2) is 6.33 Å². The molecule has 0 aliphatic rings. The second-order valence-corrected chi connectivity index (χ2v) is 5.66. The lowest BCUT2D eigenvalue weighted by molar-refractivity contribution is 0.558. The third-order valence-corrected chi connectivity index (χ3v) is 3.75. The van der Waals surface area contributed by atoms with Crippen LogP contribution in [0, 0.1) is 13.8 Å². The Kier molecular flexibility index (Phi) is 5.12. The maximum absolute atomic E-state index is 4.67. The lowest BCUT2D eigenvalue weighted by atomic mass is 10.1. The number of hydrogen-bond donors (Lipinski definition) is 1. The summed E-state index contributed by atoms with van der Waals surface area (Å²) in [5, 5.41) is 12.3. The van der Waals surface area contributed by atoms with Crippen molar-refractivity contribution in [1.29, 1.82) is 0 Å². The van der Waals surface area contributed by atoms with Crippen molar-refractivity contribution in [2.24, 2.45) is 0 Å². The molecule has 0 aromatic carbocycles. The number of nitrogens with one attached hydrogen (secondary N) is 1. The average Bonchev–Trinajstić information content (AvgIpc) is 2.98. The van der Waals surface area contributed by atoms with E-state index in [9.17, 15) is 0 Å². The van der Waals surface area contributed by atoms with Crippen molar-refractivity contribution in [3.05, 3.63) is 29.1 Å². The standard InChI is InChI=1S/C15H26N6/c1-6-20-15(17-10-18-20)9-21-13(5)14(12(4)19-21)7-8-16-11(2)3/h10-11,16H,6-9H2,1-5H3. The van der Waals surface area contributed by atoms with Crippen LogP contribution in [-0.2, 0) is 19.5 Å². The third kappa shape index (κ3) is 3.69. The number of aryl methyl sites for hydroxylation is 2. The molecule has 2 rings (SSSR count). The van der Waals surface area contributed by atoms with Gasteiger partial charge in [0.2, 0.25) is 0 Å². The van der Waals surface area contributed by atoms with Crippen LogP contribution in [0.1, 0.15) is 43.5 Å². The van der Waals surface area contributed by atoms with Gasteiger partial charge in [-0.2, -0.15) is 10.2 Å². The van der Waals surface area contributed by atoms with E-state index in [1.807, 2.05) is 9.36 Å². The first-order chi connectivity index (χ1) is 10.0. The van der Waals surface area contributed by atoms with Crippen LogP contribution in [0.2, 0.25) is 0 Å². The Morgan fingerprint density at radius 2 is 2.00 bits per heavy atom. The van der Waals surface area contributed by atoms with E-state index in [0.717, 1.165) is 31.0 Å². The van der Waals surface area contributed by atoms with Crippen molar-refractivity contribution in [3.63, 3.8) is 0 Å². The predicted octanol–water partition coefficient (Wildman–Crippen LogP) is 1.70. The van der Waals surface area contributed by atoms with E-state index in [1.54, 1.807) is 6.33 Å². The second-order valence-electron chi connectivity index (χ2n) is 5.66. The number of nitrogens with zero attached hydrogens (tertiary/aromatic N) is 5. The molecule has 0 aliphatic heterocycles. The lowest BCUT2D eigenvalue weighted by Crippen LogP contribution is -2.25. The molecule has 0 saturated heterocycles. The van der Waals surface area contributed by atoms with Crippen molar-refractivity contribution in [1.82, 2.24) is 29.9 Å². The zero-order chi connectivity index (χ0) is 15.4. The smallest absolute Gasteiger partial charge is 0.148 e. The van der Waals surface area contributed by atoms with E-state index in [0.29, 0.717) is 12.6 Å². The Labute approximate surface area is 126 Å². The van der Waals surface area contributed by atoms with E-state index in [2.05, 4.69) is 55.1 Å². The predicted molar refractivity (Wildman–Crippen MR) is 83.3 cm³/mol. The Morgan fingerprint density at radius 3 is 2.67 bits per heavy atom. The first kappa shape index (κ1) is 15.7. The normalized spacial score (nSPS) is 11.5. The summed E-state index contributed by atoms with van der Waals surface area (Å²) in [6, 6.07) is 0.517. The van der Waals surface area contributed by atoms with Crippen molar-refractivity contribution in [2.75, 3.05) is 6.54 Å². The molecule has 6 nitrogen and oxygen atoms in total. The molecule has 0 aliphatic carbocycles. The van der Waals surface area contributed by atoms with Crippen LogP contribution >= 0.6 is 0 Å². The fourth-order valence-electron chi connectivity index (χ4n) is 2.54. The number of rotatable bonds is 7. The van der Waals surface area contributed by atoms with E-state index < -0.39 is 0 Å². The monoisotopic (exact) mass is 290 g/mol. The van der Waals surface area contributed by atoms with Gasteiger partial charge in [0.1, 0.15) is 18.7 Å². The zero-order valence-corrected chi connectivity index (χ0v) is 13.7. The van der Waals surface area contributed by atoms with Crippen molar-refractivity contribution in [3.8, 4) is 0 Å². The van der Waals surface area contributed by atoms with E-state index in [4.69, 9.17) is 0 Å². The summed E-state index contributed by atoms with van der Waals surface area (Å²) in [5.41, 5.74) is 3.68. The first-order valence-electron chi connectivity index (χ1n) is 7.65. The van der Waals surface area contributed by atoms with Crippen molar-refractivity contribution < 1.29 is 0 Å². The summed E-state index contributed by atoms with van der Waals surface area (Å²) in [7, 11) is 0. The summed E-state index contributed by atoms with van der Waals surface area (Å²) in [5.74, 6) is 0.954. The lowest BCUT2D eigenvalue weighted by Gasteiger charge is -2.09. The summed E-state index contributed by atoms with van der Waals surface area (Å²) >= 11 is 0. The van der Waals surface area contributed by atoms with Gasteiger partial charge in [0, 0.05) is 18.3 Å². The molecular formula is C15H26N6. The highest BCUT2D eigenvalue weighted by atomic mass is 15.4. The summed E-state index contributed by atoms with van der Waals surface area (Å²) < 4.78 is 3.95. The highest BCUT2D eigenvalue weighted by Crippen LogP contribution is 2.14.